The van der Waals surface area contributed by atoms with Crippen molar-refractivity contribution in [2.75, 3.05) is 13.1 Å². The number of hydrogen-bond donors (Lipinski definition) is 1. The summed E-state index contributed by atoms with van der Waals surface area (Å²) in [6.45, 7) is 8.39. The Morgan fingerprint density at radius 3 is 2.60 bits per heavy atom. The van der Waals surface area contributed by atoms with Gasteiger partial charge in [-0.05, 0) is 36.7 Å². The molecule has 0 spiro atoms. The number of nitrogens with one attached hydrogen (secondary N) is 1. The fourth-order valence-corrected chi connectivity index (χ4v) is 3.51. The topological polar surface area (TPSA) is 15.3 Å². The van der Waals surface area contributed by atoms with Gasteiger partial charge in [-0.1, -0.05) is 44.2 Å². The molecule has 2 heteroatoms. The van der Waals surface area contributed by atoms with Crippen LogP contribution in [0.15, 0.2) is 30.3 Å². The molecule has 110 valence electrons. The Morgan fingerprint density at radius 1 is 1.20 bits per heavy atom. The van der Waals surface area contributed by atoms with Crippen molar-refractivity contribution in [1.82, 2.24) is 10.2 Å². The molecule has 1 saturated carbocycles. The zero-order valence-corrected chi connectivity index (χ0v) is 12.9. The van der Waals surface area contributed by atoms with E-state index in [1.165, 1.54) is 44.3 Å². The minimum Gasteiger partial charge on any atom is -0.311 e. The van der Waals surface area contributed by atoms with Crippen molar-refractivity contribution >= 4 is 0 Å². The molecule has 1 aromatic rings. The first-order valence-corrected chi connectivity index (χ1v) is 8.22. The van der Waals surface area contributed by atoms with Gasteiger partial charge in [0.15, 0.2) is 0 Å². The summed E-state index contributed by atoms with van der Waals surface area (Å²) < 4.78 is 0. The molecule has 20 heavy (non-hydrogen) atoms. The molecule has 2 nitrogen and oxygen atoms in total. The molecule has 1 aromatic carbocycles. The van der Waals surface area contributed by atoms with E-state index in [2.05, 4.69) is 54.4 Å². The molecule has 2 unspecified atom stereocenters. The van der Waals surface area contributed by atoms with E-state index in [0.717, 1.165) is 12.6 Å². The molecule has 1 heterocycles. The number of rotatable bonds is 5. The van der Waals surface area contributed by atoms with E-state index >= 15 is 0 Å². The van der Waals surface area contributed by atoms with Crippen LogP contribution in [0.4, 0.5) is 0 Å². The van der Waals surface area contributed by atoms with Crippen LogP contribution in [0.5, 0.6) is 0 Å². The average Bonchev–Trinajstić information content (AvgIpc) is 3.27. The van der Waals surface area contributed by atoms with E-state index in [1.54, 1.807) is 0 Å². The maximum Gasteiger partial charge on any atom is 0.0233 e. The van der Waals surface area contributed by atoms with Gasteiger partial charge in [-0.2, -0.15) is 0 Å². The summed E-state index contributed by atoms with van der Waals surface area (Å²) in [5.41, 5.74) is 1.87. The third kappa shape index (κ3) is 3.24. The van der Waals surface area contributed by atoms with Gasteiger partial charge in [-0.3, -0.25) is 4.90 Å². The molecule has 0 bridgehead atoms. The van der Waals surface area contributed by atoms with E-state index in [4.69, 9.17) is 0 Å². The van der Waals surface area contributed by atoms with E-state index in [1.807, 2.05) is 0 Å². The summed E-state index contributed by atoms with van der Waals surface area (Å²) in [5, 5.41) is 3.89. The zero-order valence-electron chi connectivity index (χ0n) is 12.9. The minimum atomic E-state index is 0.426. The standard InChI is InChI=1S/C18H28N2/c1-3-18(2)14-20(13-15-7-5-4-6-8-15)12-11-17(18)19-16-9-10-16/h4-8,16-17,19H,3,9-14H2,1-2H3. The maximum atomic E-state index is 3.89. The summed E-state index contributed by atoms with van der Waals surface area (Å²) in [6.07, 6.45) is 5.35. The van der Waals surface area contributed by atoms with Gasteiger partial charge in [-0.15, -0.1) is 0 Å². The Morgan fingerprint density at radius 2 is 1.95 bits per heavy atom. The van der Waals surface area contributed by atoms with Gasteiger partial charge in [0.05, 0.1) is 0 Å². The van der Waals surface area contributed by atoms with Gasteiger partial charge in [-0.25, -0.2) is 0 Å². The van der Waals surface area contributed by atoms with Crippen molar-refractivity contribution in [3.8, 4) is 0 Å². The lowest BCUT2D eigenvalue weighted by Crippen LogP contribution is -2.55. The van der Waals surface area contributed by atoms with Crippen molar-refractivity contribution in [1.29, 1.82) is 0 Å². The van der Waals surface area contributed by atoms with E-state index in [9.17, 15) is 0 Å². The van der Waals surface area contributed by atoms with Crippen LogP contribution in [0, 0.1) is 5.41 Å². The summed E-state index contributed by atoms with van der Waals surface area (Å²) >= 11 is 0. The first-order chi connectivity index (χ1) is 9.69. The summed E-state index contributed by atoms with van der Waals surface area (Å²) in [6, 6.07) is 12.4. The van der Waals surface area contributed by atoms with E-state index in [0.29, 0.717) is 11.5 Å². The van der Waals surface area contributed by atoms with Crippen molar-refractivity contribution in [2.45, 2.75) is 58.2 Å². The molecule has 1 aliphatic carbocycles. The van der Waals surface area contributed by atoms with Gasteiger partial charge >= 0.3 is 0 Å². The Hall–Kier alpha value is -0.860. The molecular weight excluding hydrogens is 244 g/mol. The highest BCUT2D eigenvalue weighted by Crippen LogP contribution is 2.36. The fraction of sp³-hybridized carbons (Fsp3) is 0.667. The highest BCUT2D eigenvalue weighted by molar-refractivity contribution is 5.15. The lowest BCUT2D eigenvalue weighted by atomic mass is 9.75. The van der Waals surface area contributed by atoms with Gasteiger partial charge in [0, 0.05) is 31.7 Å². The smallest absolute Gasteiger partial charge is 0.0233 e. The third-order valence-electron chi connectivity index (χ3n) is 5.23. The molecular formula is C18H28N2. The molecule has 1 saturated heterocycles. The summed E-state index contributed by atoms with van der Waals surface area (Å²) in [7, 11) is 0. The fourth-order valence-electron chi connectivity index (χ4n) is 3.51. The number of nitrogens with zero attached hydrogens (tertiary/aromatic N) is 1. The van der Waals surface area contributed by atoms with Crippen molar-refractivity contribution in [2.24, 2.45) is 5.41 Å². The predicted molar refractivity (Wildman–Crippen MR) is 84.7 cm³/mol. The molecule has 0 radical (unpaired) electrons. The second-order valence-electron chi connectivity index (χ2n) is 6.99. The van der Waals surface area contributed by atoms with Crippen LogP contribution >= 0.6 is 0 Å². The second kappa shape index (κ2) is 5.87. The number of likely N-dealkylation sites (tertiary alicyclic amines) is 1. The quantitative estimate of drug-likeness (QED) is 0.883. The van der Waals surface area contributed by atoms with Crippen molar-refractivity contribution in [3.05, 3.63) is 35.9 Å². The predicted octanol–water partition coefficient (Wildman–Crippen LogP) is 3.43. The van der Waals surface area contributed by atoms with Crippen molar-refractivity contribution < 1.29 is 0 Å². The van der Waals surface area contributed by atoms with Gasteiger partial charge in [0.2, 0.25) is 0 Å². The molecule has 2 fully saturated rings. The van der Waals surface area contributed by atoms with Crippen LogP contribution in [0.3, 0.4) is 0 Å². The largest absolute Gasteiger partial charge is 0.311 e. The van der Waals surface area contributed by atoms with Crippen molar-refractivity contribution in [3.63, 3.8) is 0 Å². The second-order valence-corrected chi connectivity index (χ2v) is 6.99. The molecule has 1 aliphatic heterocycles. The van der Waals surface area contributed by atoms with Crippen LogP contribution in [0.2, 0.25) is 0 Å². The molecule has 2 atom stereocenters. The molecule has 2 aliphatic rings. The van der Waals surface area contributed by atoms with Gasteiger partial charge < -0.3 is 5.32 Å². The first kappa shape index (κ1) is 14.1. The van der Waals surface area contributed by atoms with Crippen LogP contribution in [0.1, 0.15) is 45.1 Å². The van der Waals surface area contributed by atoms with E-state index < -0.39 is 0 Å². The van der Waals surface area contributed by atoms with Gasteiger partial charge in [0.25, 0.3) is 0 Å². The molecule has 3 rings (SSSR count). The first-order valence-electron chi connectivity index (χ1n) is 8.22. The molecule has 1 N–H and O–H groups in total. The normalized spacial score (nSPS) is 31.4. The Kier molecular flexibility index (Phi) is 4.13. The van der Waals surface area contributed by atoms with Crippen LogP contribution in [0.25, 0.3) is 0 Å². The summed E-state index contributed by atoms with van der Waals surface area (Å²) in [4.78, 5) is 2.64. The molecule has 0 amide bonds. The molecule has 0 aromatic heterocycles. The minimum absolute atomic E-state index is 0.426. The lowest BCUT2D eigenvalue weighted by molar-refractivity contribution is 0.0547. The Labute approximate surface area is 123 Å². The van der Waals surface area contributed by atoms with Gasteiger partial charge in [0.1, 0.15) is 0 Å². The number of hydrogen-bond acceptors (Lipinski definition) is 2. The highest BCUT2D eigenvalue weighted by Gasteiger charge is 2.40. The zero-order chi connectivity index (χ0) is 14.0. The Bertz CT molecular complexity index is 426. The Balaban J connectivity index is 1.62. The highest BCUT2D eigenvalue weighted by atomic mass is 15.2. The maximum absolute atomic E-state index is 3.89. The average molecular weight is 272 g/mol. The van der Waals surface area contributed by atoms with Crippen LogP contribution in [-0.4, -0.2) is 30.1 Å². The number of benzene rings is 1. The summed E-state index contributed by atoms with van der Waals surface area (Å²) in [5.74, 6) is 0. The van der Waals surface area contributed by atoms with Crippen LogP contribution < -0.4 is 5.32 Å². The van der Waals surface area contributed by atoms with Crippen LogP contribution in [-0.2, 0) is 6.54 Å². The monoisotopic (exact) mass is 272 g/mol. The number of piperidine rings is 1. The third-order valence-corrected chi connectivity index (χ3v) is 5.23. The van der Waals surface area contributed by atoms with E-state index in [-0.39, 0.29) is 0 Å². The lowest BCUT2D eigenvalue weighted by Gasteiger charge is -2.46. The SMILES string of the molecule is CCC1(C)CN(Cc2ccccc2)CCC1NC1CC1.